The van der Waals surface area contributed by atoms with E-state index < -0.39 is 0 Å². The third-order valence-corrected chi connectivity index (χ3v) is 3.55. The topological polar surface area (TPSA) is 12.0 Å². The largest absolute Gasteiger partial charge is 0.316 e. The molecule has 0 spiro atoms. The molecular formula is C12H16ClN. The van der Waals surface area contributed by atoms with Crippen molar-refractivity contribution in [3.63, 3.8) is 0 Å². The molecule has 1 N–H and O–H groups in total. The lowest BCUT2D eigenvalue weighted by Crippen LogP contribution is -2.14. The summed E-state index contributed by atoms with van der Waals surface area (Å²) in [5.74, 6) is 1.31. The summed E-state index contributed by atoms with van der Waals surface area (Å²) < 4.78 is 0. The standard InChI is InChI=1S/C12H16ClN/c1-9(10-6-7-14-8-10)11-4-2-3-5-12(11)13/h2-5,9-10,14H,6-8H2,1H3. The number of hydrogen-bond acceptors (Lipinski definition) is 1. The molecule has 1 aliphatic rings. The molecule has 0 bridgehead atoms. The molecule has 2 heteroatoms. The van der Waals surface area contributed by atoms with E-state index in [2.05, 4.69) is 24.4 Å². The van der Waals surface area contributed by atoms with E-state index in [1.54, 1.807) is 0 Å². The summed E-state index contributed by atoms with van der Waals surface area (Å²) in [5.41, 5.74) is 1.29. The highest BCUT2D eigenvalue weighted by atomic mass is 35.5. The van der Waals surface area contributed by atoms with Crippen molar-refractivity contribution in [2.75, 3.05) is 13.1 Å². The number of halogens is 1. The Kier molecular flexibility index (Phi) is 3.09. The van der Waals surface area contributed by atoms with E-state index in [0.717, 1.165) is 24.0 Å². The van der Waals surface area contributed by atoms with Crippen molar-refractivity contribution in [2.45, 2.75) is 19.3 Å². The van der Waals surface area contributed by atoms with Crippen molar-refractivity contribution in [3.05, 3.63) is 34.9 Å². The first-order valence-corrected chi connectivity index (χ1v) is 5.62. The van der Waals surface area contributed by atoms with E-state index in [-0.39, 0.29) is 0 Å². The number of rotatable bonds is 2. The fraction of sp³-hybridized carbons (Fsp3) is 0.500. The SMILES string of the molecule is CC(c1ccccc1Cl)C1CCNC1. The summed E-state index contributed by atoms with van der Waals surface area (Å²) in [6, 6.07) is 8.19. The smallest absolute Gasteiger partial charge is 0.0440 e. The Bertz CT molecular complexity index is 305. The van der Waals surface area contributed by atoms with Gasteiger partial charge in [0.25, 0.3) is 0 Å². The molecular weight excluding hydrogens is 194 g/mol. The maximum absolute atomic E-state index is 6.18. The van der Waals surface area contributed by atoms with Gasteiger partial charge >= 0.3 is 0 Å². The van der Waals surface area contributed by atoms with Crippen molar-refractivity contribution in [2.24, 2.45) is 5.92 Å². The summed E-state index contributed by atoms with van der Waals surface area (Å²) in [6.07, 6.45) is 1.27. The van der Waals surface area contributed by atoms with Gasteiger partial charge in [0.05, 0.1) is 0 Å². The van der Waals surface area contributed by atoms with Crippen LogP contribution < -0.4 is 5.32 Å². The van der Waals surface area contributed by atoms with Crippen molar-refractivity contribution in [3.8, 4) is 0 Å². The molecule has 1 saturated heterocycles. The van der Waals surface area contributed by atoms with Gasteiger partial charge in [-0.25, -0.2) is 0 Å². The third-order valence-electron chi connectivity index (χ3n) is 3.20. The minimum Gasteiger partial charge on any atom is -0.316 e. The summed E-state index contributed by atoms with van der Waals surface area (Å²) in [5, 5.41) is 4.31. The van der Waals surface area contributed by atoms with Gasteiger partial charge in [0.2, 0.25) is 0 Å². The van der Waals surface area contributed by atoms with E-state index in [1.165, 1.54) is 12.0 Å². The predicted molar refractivity (Wildman–Crippen MR) is 60.8 cm³/mol. The third kappa shape index (κ3) is 1.94. The summed E-state index contributed by atoms with van der Waals surface area (Å²) in [6.45, 7) is 4.56. The number of hydrogen-bond donors (Lipinski definition) is 1. The van der Waals surface area contributed by atoms with Gasteiger partial charge in [-0.3, -0.25) is 0 Å². The van der Waals surface area contributed by atoms with Crippen LogP contribution in [0.1, 0.15) is 24.8 Å². The van der Waals surface area contributed by atoms with Gasteiger partial charge in [0, 0.05) is 5.02 Å². The van der Waals surface area contributed by atoms with Gasteiger partial charge in [0.15, 0.2) is 0 Å². The number of benzene rings is 1. The zero-order valence-corrected chi connectivity index (χ0v) is 9.22. The average molecular weight is 210 g/mol. The molecule has 0 aliphatic carbocycles. The normalized spacial score (nSPS) is 23.7. The van der Waals surface area contributed by atoms with E-state index in [4.69, 9.17) is 11.6 Å². The molecule has 0 saturated carbocycles. The molecule has 1 aromatic rings. The van der Waals surface area contributed by atoms with Gasteiger partial charge in [-0.1, -0.05) is 36.7 Å². The highest BCUT2D eigenvalue weighted by molar-refractivity contribution is 6.31. The molecule has 1 aliphatic heterocycles. The molecule has 0 radical (unpaired) electrons. The average Bonchev–Trinajstić information content (AvgIpc) is 2.70. The van der Waals surface area contributed by atoms with Gasteiger partial charge in [0.1, 0.15) is 0 Å². The fourth-order valence-corrected chi connectivity index (χ4v) is 2.51. The Morgan fingerprint density at radius 2 is 2.21 bits per heavy atom. The minimum atomic E-state index is 0.568. The van der Waals surface area contributed by atoms with Crippen molar-refractivity contribution in [1.29, 1.82) is 0 Å². The summed E-state index contributed by atoms with van der Waals surface area (Å²) in [4.78, 5) is 0. The van der Waals surface area contributed by atoms with E-state index in [0.29, 0.717) is 5.92 Å². The van der Waals surface area contributed by atoms with E-state index in [1.807, 2.05) is 12.1 Å². The second-order valence-corrected chi connectivity index (χ2v) is 4.47. The number of nitrogens with one attached hydrogen (secondary N) is 1. The van der Waals surface area contributed by atoms with Crippen molar-refractivity contribution >= 4 is 11.6 Å². The van der Waals surface area contributed by atoms with Gasteiger partial charge in [-0.15, -0.1) is 0 Å². The van der Waals surface area contributed by atoms with Crippen molar-refractivity contribution < 1.29 is 0 Å². The Labute approximate surface area is 90.5 Å². The van der Waals surface area contributed by atoms with Crippen LogP contribution in [-0.2, 0) is 0 Å². The molecule has 1 heterocycles. The highest BCUT2D eigenvalue weighted by Crippen LogP contribution is 2.32. The monoisotopic (exact) mass is 209 g/mol. The lowest BCUT2D eigenvalue weighted by Gasteiger charge is -2.19. The molecule has 76 valence electrons. The second kappa shape index (κ2) is 4.33. The Hall–Kier alpha value is -0.530. The summed E-state index contributed by atoms with van der Waals surface area (Å²) >= 11 is 6.18. The van der Waals surface area contributed by atoms with Crippen LogP contribution in [0, 0.1) is 5.92 Å². The zero-order chi connectivity index (χ0) is 9.97. The van der Waals surface area contributed by atoms with Crippen LogP contribution in [0.15, 0.2) is 24.3 Å². The van der Waals surface area contributed by atoms with Crippen LogP contribution >= 0.6 is 11.6 Å². The Balaban J connectivity index is 2.17. The lowest BCUT2D eigenvalue weighted by molar-refractivity contribution is 0.488. The van der Waals surface area contributed by atoms with Gasteiger partial charge in [-0.05, 0) is 43.0 Å². The molecule has 1 aromatic carbocycles. The van der Waals surface area contributed by atoms with E-state index in [9.17, 15) is 0 Å². The second-order valence-electron chi connectivity index (χ2n) is 4.06. The lowest BCUT2D eigenvalue weighted by atomic mass is 9.87. The molecule has 2 rings (SSSR count). The van der Waals surface area contributed by atoms with Crippen molar-refractivity contribution in [1.82, 2.24) is 5.32 Å². The van der Waals surface area contributed by atoms with Crippen LogP contribution in [-0.4, -0.2) is 13.1 Å². The molecule has 1 nitrogen and oxygen atoms in total. The fourth-order valence-electron chi connectivity index (χ4n) is 2.20. The first kappa shape index (κ1) is 10.0. The van der Waals surface area contributed by atoms with Crippen LogP contribution in [0.2, 0.25) is 5.02 Å². The minimum absolute atomic E-state index is 0.568. The molecule has 2 atom stereocenters. The quantitative estimate of drug-likeness (QED) is 0.790. The molecule has 1 fully saturated rings. The molecule has 0 amide bonds. The highest BCUT2D eigenvalue weighted by Gasteiger charge is 2.23. The van der Waals surface area contributed by atoms with Crippen LogP contribution in [0.5, 0.6) is 0 Å². The molecule has 0 aromatic heterocycles. The predicted octanol–water partition coefficient (Wildman–Crippen LogP) is 3.05. The maximum atomic E-state index is 6.18. The summed E-state index contributed by atoms with van der Waals surface area (Å²) in [7, 11) is 0. The Morgan fingerprint density at radius 1 is 1.43 bits per heavy atom. The Morgan fingerprint density at radius 3 is 2.86 bits per heavy atom. The van der Waals surface area contributed by atoms with E-state index >= 15 is 0 Å². The first-order chi connectivity index (χ1) is 6.79. The molecule has 14 heavy (non-hydrogen) atoms. The zero-order valence-electron chi connectivity index (χ0n) is 8.46. The van der Waals surface area contributed by atoms with Gasteiger partial charge < -0.3 is 5.32 Å². The van der Waals surface area contributed by atoms with Crippen LogP contribution in [0.3, 0.4) is 0 Å². The van der Waals surface area contributed by atoms with Gasteiger partial charge in [-0.2, -0.15) is 0 Å². The van der Waals surface area contributed by atoms with Crippen LogP contribution in [0.4, 0.5) is 0 Å². The maximum Gasteiger partial charge on any atom is 0.0440 e. The van der Waals surface area contributed by atoms with Crippen LogP contribution in [0.25, 0.3) is 0 Å². The molecule has 2 unspecified atom stereocenters. The first-order valence-electron chi connectivity index (χ1n) is 5.24.